The maximum absolute atomic E-state index is 11.8. The molecular weight excluding hydrogens is 290 g/mol. The molecule has 1 heterocycles. The van der Waals surface area contributed by atoms with E-state index < -0.39 is 16.0 Å². The Bertz CT molecular complexity index is 547. The SMILES string of the molecule is Cc1csc(C(=O)O)c1NS(=O)(=O)CCOC(C)C. The Morgan fingerprint density at radius 1 is 1.53 bits per heavy atom. The number of thiophene rings is 1. The zero-order valence-corrected chi connectivity index (χ0v) is 12.6. The maximum atomic E-state index is 11.8. The first-order chi connectivity index (χ1) is 8.73. The van der Waals surface area contributed by atoms with Gasteiger partial charge in [0.2, 0.25) is 10.0 Å². The van der Waals surface area contributed by atoms with E-state index in [0.29, 0.717) is 5.56 Å². The molecule has 1 rings (SSSR count). The van der Waals surface area contributed by atoms with E-state index in [1.807, 2.05) is 13.8 Å². The number of aromatic carboxylic acids is 1. The summed E-state index contributed by atoms with van der Waals surface area (Å²) in [5.41, 5.74) is 0.734. The number of sulfonamides is 1. The van der Waals surface area contributed by atoms with Crippen LogP contribution in [0.2, 0.25) is 0 Å². The Balaban J connectivity index is 2.78. The highest BCUT2D eigenvalue weighted by atomic mass is 32.2. The van der Waals surface area contributed by atoms with Gasteiger partial charge in [-0.05, 0) is 31.7 Å². The number of rotatable bonds is 7. The third-order valence-electron chi connectivity index (χ3n) is 2.23. The zero-order valence-electron chi connectivity index (χ0n) is 11.0. The summed E-state index contributed by atoms with van der Waals surface area (Å²) in [7, 11) is -3.61. The summed E-state index contributed by atoms with van der Waals surface area (Å²) in [5.74, 6) is -1.35. The normalized spacial score (nSPS) is 11.8. The second-order valence-corrected chi connectivity index (χ2v) is 6.99. The molecule has 0 amide bonds. The van der Waals surface area contributed by atoms with Gasteiger partial charge in [-0.25, -0.2) is 13.2 Å². The smallest absolute Gasteiger partial charge is 0.348 e. The highest BCUT2D eigenvalue weighted by Crippen LogP contribution is 2.28. The van der Waals surface area contributed by atoms with Gasteiger partial charge in [-0.3, -0.25) is 4.72 Å². The summed E-state index contributed by atoms with van der Waals surface area (Å²) in [4.78, 5) is 11.0. The largest absolute Gasteiger partial charge is 0.477 e. The number of carboxylic acid groups (broad SMARTS) is 1. The fourth-order valence-corrected chi connectivity index (χ4v) is 3.23. The van der Waals surface area contributed by atoms with E-state index in [1.165, 1.54) is 0 Å². The van der Waals surface area contributed by atoms with Gasteiger partial charge in [0.25, 0.3) is 0 Å². The molecule has 0 aromatic carbocycles. The molecule has 1 aromatic heterocycles. The monoisotopic (exact) mass is 307 g/mol. The van der Waals surface area contributed by atoms with Crippen molar-refractivity contribution in [1.29, 1.82) is 0 Å². The molecule has 0 radical (unpaired) electrons. The van der Waals surface area contributed by atoms with Crippen LogP contribution < -0.4 is 4.72 Å². The molecule has 0 aliphatic rings. The van der Waals surface area contributed by atoms with Crippen molar-refractivity contribution in [2.45, 2.75) is 26.9 Å². The van der Waals surface area contributed by atoms with Gasteiger partial charge >= 0.3 is 5.97 Å². The van der Waals surface area contributed by atoms with Crippen LogP contribution in [0.3, 0.4) is 0 Å². The van der Waals surface area contributed by atoms with Gasteiger partial charge in [0.1, 0.15) is 4.88 Å². The average molecular weight is 307 g/mol. The molecular formula is C11H17NO5S2. The van der Waals surface area contributed by atoms with Crippen molar-refractivity contribution in [3.63, 3.8) is 0 Å². The quantitative estimate of drug-likeness (QED) is 0.803. The van der Waals surface area contributed by atoms with Gasteiger partial charge in [-0.15, -0.1) is 11.3 Å². The predicted molar refractivity (Wildman–Crippen MR) is 74.5 cm³/mol. The summed E-state index contributed by atoms with van der Waals surface area (Å²) in [5, 5.41) is 10.6. The van der Waals surface area contributed by atoms with Crippen molar-refractivity contribution >= 4 is 33.0 Å². The van der Waals surface area contributed by atoms with Crippen molar-refractivity contribution in [3.05, 3.63) is 15.8 Å². The van der Waals surface area contributed by atoms with Crippen LogP contribution in [0.5, 0.6) is 0 Å². The standard InChI is InChI=1S/C11H17NO5S2/c1-7(2)17-4-5-19(15,16)12-9-8(3)6-18-10(9)11(13)14/h6-7,12H,4-5H2,1-3H3,(H,13,14). The first-order valence-corrected chi connectivity index (χ1v) is 8.19. The number of carbonyl (C=O) groups is 1. The van der Waals surface area contributed by atoms with Crippen molar-refractivity contribution in [3.8, 4) is 0 Å². The topological polar surface area (TPSA) is 92.7 Å². The Hall–Kier alpha value is -1.12. The molecule has 0 spiro atoms. The van der Waals surface area contributed by atoms with Gasteiger partial charge in [0.15, 0.2) is 0 Å². The molecule has 0 saturated heterocycles. The molecule has 0 aliphatic heterocycles. The summed E-state index contributed by atoms with van der Waals surface area (Å²) in [6.07, 6.45) is -0.0485. The van der Waals surface area contributed by atoms with Gasteiger partial charge in [-0.1, -0.05) is 0 Å². The van der Waals surface area contributed by atoms with Crippen LogP contribution in [0.1, 0.15) is 29.1 Å². The van der Waals surface area contributed by atoms with Crippen molar-refractivity contribution in [2.75, 3.05) is 17.1 Å². The number of nitrogens with one attached hydrogen (secondary N) is 1. The molecule has 0 fully saturated rings. The van der Waals surface area contributed by atoms with Crippen LogP contribution >= 0.6 is 11.3 Å². The van der Waals surface area contributed by atoms with E-state index in [0.717, 1.165) is 11.3 Å². The minimum absolute atomic E-state index is 0.00847. The van der Waals surface area contributed by atoms with E-state index in [-0.39, 0.29) is 29.0 Å². The summed E-state index contributed by atoms with van der Waals surface area (Å²) < 4.78 is 31.1. The van der Waals surface area contributed by atoms with E-state index in [1.54, 1.807) is 12.3 Å². The third-order valence-corrected chi connectivity index (χ3v) is 4.54. The molecule has 108 valence electrons. The molecule has 8 heteroatoms. The van der Waals surface area contributed by atoms with Gasteiger partial charge < -0.3 is 9.84 Å². The van der Waals surface area contributed by atoms with Crippen LogP contribution in [0.15, 0.2) is 5.38 Å². The van der Waals surface area contributed by atoms with Crippen LogP contribution in [0.4, 0.5) is 5.69 Å². The fourth-order valence-electron chi connectivity index (χ4n) is 1.33. The Morgan fingerprint density at radius 2 is 2.16 bits per heavy atom. The number of aryl methyl sites for hydroxylation is 1. The van der Waals surface area contributed by atoms with Crippen LogP contribution in [0.25, 0.3) is 0 Å². The van der Waals surface area contributed by atoms with E-state index >= 15 is 0 Å². The van der Waals surface area contributed by atoms with Crippen LogP contribution in [-0.4, -0.2) is 38.0 Å². The van der Waals surface area contributed by atoms with Gasteiger partial charge in [0, 0.05) is 0 Å². The maximum Gasteiger partial charge on any atom is 0.348 e. The summed E-state index contributed by atoms with van der Waals surface area (Å²) in [6, 6.07) is 0. The molecule has 19 heavy (non-hydrogen) atoms. The minimum Gasteiger partial charge on any atom is -0.477 e. The summed E-state index contributed by atoms with van der Waals surface area (Å²) >= 11 is 0.996. The summed E-state index contributed by atoms with van der Waals surface area (Å²) in [6.45, 7) is 5.35. The lowest BCUT2D eigenvalue weighted by molar-refractivity contribution is 0.0703. The Labute approximate surface area is 116 Å². The van der Waals surface area contributed by atoms with E-state index in [2.05, 4.69) is 4.72 Å². The Morgan fingerprint density at radius 3 is 2.68 bits per heavy atom. The minimum atomic E-state index is -3.61. The van der Waals surface area contributed by atoms with E-state index in [4.69, 9.17) is 9.84 Å². The highest BCUT2D eigenvalue weighted by Gasteiger charge is 2.20. The number of ether oxygens (including phenoxy) is 1. The fraction of sp³-hybridized carbons (Fsp3) is 0.545. The average Bonchev–Trinajstić information content (AvgIpc) is 2.59. The van der Waals surface area contributed by atoms with Crippen molar-refractivity contribution in [2.24, 2.45) is 0 Å². The van der Waals surface area contributed by atoms with Crippen LogP contribution in [0, 0.1) is 6.92 Å². The first-order valence-electron chi connectivity index (χ1n) is 5.66. The lowest BCUT2D eigenvalue weighted by Crippen LogP contribution is -2.22. The second-order valence-electron chi connectivity index (χ2n) is 4.27. The van der Waals surface area contributed by atoms with Gasteiger partial charge in [-0.2, -0.15) is 0 Å². The molecule has 0 aliphatic carbocycles. The molecule has 0 saturated carbocycles. The molecule has 1 aromatic rings. The van der Waals surface area contributed by atoms with E-state index in [9.17, 15) is 13.2 Å². The first kappa shape index (κ1) is 15.9. The molecule has 2 N–H and O–H groups in total. The predicted octanol–water partition coefficient (Wildman–Crippen LogP) is 1.92. The number of anilines is 1. The molecule has 0 bridgehead atoms. The van der Waals surface area contributed by atoms with Crippen molar-refractivity contribution in [1.82, 2.24) is 0 Å². The third kappa shape index (κ3) is 4.81. The highest BCUT2D eigenvalue weighted by molar-refractivity contribution is 7.92. The molecule has 6 nitrogen and oxygen atoms in total. The second kappa shape index (κ2) is 6.36. The van der Waals surface area contributed by atoms with Crippen LogP contribution in [-0.2, 0) is 14.8 Å². The lowest BCUT2D eigenvalue weighted by Gasteiger charge is -2.10. The van der Waals surface area contributed by atoms with Gasteiger partial charge in [0.05, 0.1) is 24.2 Å². The zero-order chi connectivity index (χ0) is 14.6. The number of carboxylic acids is 1. The molecule has 0 atom stereocenters. The van der Waals surface area contributed by atoms with Crippen molar-refractivity contribution < 1.29 is 23.1 Å². The molecule has 0 unspecified atom stereocenters. The Kier molecular flexibility index (Phi) is 5.33. The lowest BCUT2D eigenvalue weighted by atomic mass is 10.3. The number of hydrogen-bond acceptors (Lipinski definition) is 5. The number of hydrogen-bond donors (Lipinski definition) is 2.